The Morgan fingerprint density at radius 3 is 2.65 bits per heavy atom. The molecular formula is C14H18ClN3O2. The van der Waals surface area contributed by atoms with Crippen molar-refractivity contribution >= 4 is 29.1 Å². The van der Waals surface area contributed by atoms with Crippen LogP contribution in [-0.2, 0) is 9.59 Å². The number of halogens is 1. The van der Waals surface area contributed by atoms with Crippen LogP contribution in [0.15, 0.2) is 24.3 Å². The summed E-state index contributed by atoms with van der Waals surface area (Å²) < 4.78 is 0. The topological polar surface area (TPSA) is 61.4 Å². The zero-order valence-electron chi connectivity index (χ0n) is 11.4. The lowest BCUT2D eigenvalue weighted by Crippen LogP contribution is -2.39. The van der Waals surface area contributed by atoms with E-state index in [1.54, 1.807) is 36.2 Å². The van der Waals surface area contributed by atoms with Crippen LogP contribution in [0.2, 0.25) is 5.02 Å². The summed E-state index contributed by atoms with van der Waals surface area (Å²) in [6.45, 7) is 0.379. The Morgan fingerprint density at radius 2 is 2.00 bits per heavy atom. The highest BCUT2D eigenvalue weighted by molar-refractivity contribution is 6.30. The number of nitrogens with zero attached hydrogens (tertiary/aromatic N) is 1. The van der Waals surface area contributed by atoms with E-state index in [-0.39, 0.29) is 24.9 Å². The van der Waals surface area contributed by atoms with E-state index < -0.39 is 0 Å². The van der Waals surface area contributed by atoms with E-state index in [0.29, 0.717) is 16.8 Å². The van der Waals surface area contributed by atoms with Crippen molar-refractivity contribution in [2.75, 3.05) is 25.5 Å². The molecule has 1 aromatic carbocycles. The second-order valence-electron chi connectivity index (χ2n) is 5.07. The van der Waals surface area contributed by atoms with E-state index in [1.165, 1.54) is 0 Å². The average Bonchev–Trinajstić information content (AvgIpc) is 3.11. The highest BCUT2D eigenvalue weighted by Gasteiger charge is 2.23. The van der Waals surface area contributed by atoms with Crippen LogP contribution in [0.5, 0.6) is 0 Å². The zero-order valence-corrected chi connectivity index (χ0v) is 12.1. The van der Waals surface area contributed by atoms with Gasteiger partial charge in [-0.1, -0.05) is 17.7 Å². The van der Waals surface area contributed by atoms with Crippen molar-refractivity contribution in [3.05, 3.63) is 29.3 Å². The van der Waals surface area contributed by atoms with Gasteiger partial charge in [0.15, 0.2) is 0 Å². The van der Waals surface area contributed by atoms with Gasteiger partial charge in [-0.3, -0.25) is 14.5 Å². The number of nitrogens with one attached hydrogen (secondary N) is 2. The first-order valence-electron chi connectivity index (χ1n) is 6.56. The molecule has 0 radical (unpaired) electrons. The first-order valence-corrected chi connectivity index (χ1v) is 6.94. The van der Waals surface area contributed by atoms with Gasteiger partial charge in [0.2, 0.25) is 11.8 Å². The van der Waals surface area contributed by atoms with Crippen LogP contribution in [0.1, 0.15) is 12.8 Å². The van der Waals surface area contributed by atoms with Crippen molar-refractivity contribution in [3.8, 4) is 0 Å². The van der Waals surface area contributed by atoms with Crippen molar-refractivity contribution in [2.45, 2.75) is 18.9 Å². The minimum absolute atomic E-state index is 0.0365. The Kier molecular flexibility index (Phi) is 4.98. The van der Waals surface area contributed by atoms with E-state index in [1.807, 2.05) is 0 Å². The first-order chi connectivity index (χ1) is 9.52. The molecule has 0 unspecified atom stereocenters. The number of likely N-dealkylation sites (N-methyl/N-ethyl adjacent to an activating group) is 1. The number of amides is 2. The minimum atomic E-state index is -0.172. The predicted octanol–water partition coefficient (Wildman–Crippen LogP) is 1.49. The van der Waals surface area contributed by atoms with Crippen LogP contribution in [0, 0.1) is 0 Å². The SMILES string of the molecule is CN(CC(=O)Nc1cccc(Cl)c1)CC(=O)NC1CC1. The van der Waals surface area contributed by atoms with Gasteiger partial charge in [0.05, 0.1) is 13.1 Å². The van der Waals surface area contributed by atoms with Crippen molar-refractivity contribution in [3.63, 3.8) is 0 Å². The maximum absolute atomic E-state index is 11.8. The van der Waals surface area contributed by atoms with Crippen molar-refractivity contribution < 1.29 is 9.59 Å². The maximum Gasteiger partial charge on any atom is 0.238 e. The number of benzene rings is 1. The van der Waals surface area contributed by atoms with Gasteiger partial charge in [-0.2, -0.15) is 0 Å². The molecule has 2 amide bonds. The molecule has 0 aromatic heterocycles. The summed E-state index contributed by atoms with van der Waals surface area (Å²) in [7, 11) is 1.74. The van der Waals surface area contributed by atoms with Crippen LogP contribution in [0.25, 0.3) is 0 Å². The summed E-state index contributed by atoms with van der Waals surface area (Å²) in [6, 6.07) is 7.30. The van der Waals surface area contributed by atoms with Crippen LogP contribution in [0.4, 0.5) is 5.69 Å². The second-order valence-corrected chi connectivity index (χ2v) is 5.51. The summed E-state index contributed by atoms with van der Waals surface area (Å²) in [5, 5.41) is 6.20. The van der Waals surface area contributed by atoms with E-state index >= 15 is 0 Å². The van der Waals surface area contributed by atoms with Crippen LogP contribution in [0.3, 0.4) is 0 Å². The molecule has 108 valence electrons. The van der Waals surface area contributed by atoms with Crippen molar-refractivity contribution in [1.82, 2.24) is 10.2 Å². The Hall–Kier alpha value is -1.59. The van der Waals surface area contributed by atoms with Gasteiger partial charge in [-0.05, 0) is 38.1 Å². The molecule has 2 rings (SSSR count). The van der Waals surface area contributed by atoms with Gasteiger partial charge in [0.25, 0.3) is 0 Å². The molecule has 0 saturated heterocycles. The molecule has 0 aliphatic heterocycles. The van der Waals surface area contributed by atoms with Crippen molar-refractivity contribution in [2.24, 2.45) is 0 Å². The third kappa shape index (κ3) is 5.19. The van der Waals surface area contributed by atoms with Gasteiger partial charge in [-0.15, -0.1) is 0 Å². The molecule has 20 heavy (non-hydrogen) atoms. The normalized spacial score (nSPS) is 14.2. The standard InChI is InChI=1S/C14H18ClN3O2/c1-18(8-13(19)16-11-5-6-11)9-14(20)17-12-4-2-3-10(15)7-12/h2-4,7,11H,5-6,8-9H2,1H3,(H,16,19)(H,17,20). The molecule has 2 N–H and O–H groups in total. The van der Waals surface area contributed by atoms with Gasteiger partial charge < -0.3 is 10.6 Å². The van der Waals surface area contributed by atoms with E-state index in [2.05, 4.69) is 10.6 Å². The fourth-order valence-corrected chi connectivity index (χ4v) is 2.00. The quantitative estimate of drug-likeness (QED) is 0.836. The van der Waals surface area contributed by atoms with Crippen molar-refractivity contribution in [1.29, 1.82) is 0 Å². The lowest BCUT2D eigenvalue weighted by molar-refractivity contribution is -0.123. The molecule has 1 aromatic rings. The summed E-state index contributed by atoms with van der Waals surface area (Å²) in [5.41, 5.74) is 0.651. The number of rotatable bonds is 6. The molecule has 0 heterocycles. The zero-order chi connectivity index (χ0) is 14.5. The Balaban J connectivity index is 1.74. The Bertz CT molecular complexity index is 503. The van der Waals surface area contributed by atoms with Gasteiger partial charge in [0, 0.05) is 16.8 Å². The molecule has 1 aliphatic carbocycles. The Morgan fingerprint density at radius 1 is 1.30 bits per heavy atom. The summed E-state index contributed by atoms with van der Waals surface area (Å²) in [5.74, 6) is -0.209. The van der Waals surface area contributed by atoms with Gasteiger partial charge in [-0.25, -0.2) is 0 Å². The molecule has 0 bridgehead atoms. The highest BCUT2D eigenvalue weighted by Crippen LogP contribution is 2.18. The average molecular weight is 296 g/mol. The summed E-state index contributed by atoms with van der Waals surface area (Å²) in [4.78, 5) is 25.1. The van der Waals surface area contributed by atoms with Gasteiger partial charge >= 0.3 is 0 Å². The van der Waals surface area contributed by atoms with Gasteiger partial charge in [0.1, 0.15) is 0 Å². The molecule has 6 heteroatoms. The second kappa shape index (κ2) is 6.72. The summed E-state index contributed by atoms with van der Waals surface area (Å²) >= 11 is 5.84. The molecular weight excluding hydrogens is 278 g/mol. The number of anilines is 1. The molecule has 1 aliphatic rings. The fourth-order valence-electron chi connectivity index (χ4n) is 1.81. The van der Waals surface area contributed by atoms with Crippen LogP contribution in [-0.4, -0.2) is 42.9 Å². The Labute approximate surface area is 123 Å². The molecule has 5 nitrogen and oxygen atoms in total. The fraction of sp³-hybridized carbons (Fsp3) is 0.429. The lowest BCUT2D eigenvalue weighted by Gasteiger charge is -2.15. The molecule has 1 saturated carbocycles. The number of carbonyl (C=O) groups is 2. The first kappa shape index (κ1) is 14.8. The minimum Gasteiger partial charge on any atom is -0.352 e. The smallest absolute Gasteiger partial charge is 0.238 e. The van der Waals surface area contributed by atoms with Crippen LogP contribution < -0.4 is 10.6 Å². The number of carbonyl (C=O) groups excluding carboxylic acids is 2. The monoisotopic (exact) mass is 295 g/mol. The molecule has 0 spiro atoms. The van der Waals surface area contributed by atoms with E-state index in [0.717, 1.165) is 12.8 Å². The van der Waals surface area contributed by atoms with E-state index in [9.17, 15) is 9.59 Å². The van der Waals surface area contributed by atoms with Crippen LogP contribution >= 0.6 is 11.6 Å². The predicted molar refractivity (Wildman–Crippen MR) is 78.7 cm³/mol. The number of hydrogen-bond donors (Lipinski definition) is 2. The van der Waals surface area contributed by atoms with E-state index in [4.69, 9.17) is 11.6 Å². The summed E-state index contributed by atoms with van der Waals surface area (Å²) in [6.07, 6.45) is 2.12. The third-order valence-electron chi connectivity index (χ3n) is 2.88. The maximum atomic E-state index is 11.8. The highest BCUT2D eigenvalue weighted by atomic mass is 35.5. The molecule has 0 atom stereocenters. The third-order valence-corrected chi connectivity index (χ3v) is 3.11. The largest absolute Gasteiger partial charge is 0.352 e. The molecule has 1 fully saturated rings. The number of hydrogen-bond acceptors (Lipinski definition) is 3. The lowest BCUT2D eigenvalue weighted by atomic mass is 10.3.